The van der Waals surface area contributed by atoms with Gasteiger partial charge in [0.1, 0.15) is 11.6 Å². The monoisotopic (exact) mass is 421 g/mol. The highest BCUT2D eigenvalue weighted by Crippen LogP contribution is 2.26. The average molecular weight is 422 g/mol. The molecule has 0 bridgehead atoms. The van der Waals surface area contributed by atoms with E-state index in [0.717, 1.165) is 62.5 Å². The van der Waals surface area contributed by atoms with E-state index in [1.807, 2.05) is 22.9 Å². The number of hydrogen-bond acceptors (Lipinski definition) is 4. The number of amides is 1. The lowest BCUT2D eigenvalue weighted by Crippen LogP contribution is -2.39. The van der Waals surface area contributed by atoms with Crippen molar-refractivity contribution in [1.82, 2.24) is 19.3 Å². The first-order chi connectivity index (χ1) is 15.2. The molecule has 0 spiro atoms. The Morgan fingerprint density at radius 2 is 1.71 bits per heavy atom. The molecule has 0 N–H and O–H groups in total. The van der Waals surface area contributed by atoms with Crippen LogP contribution in [0.4, 0.5) is 10.2 Å². The minimum absolute atomic E-state index is 0.226. The van der Waals surface area contributed by atoms with Crippen LogP contribution in [-0.4, -0.2) is 51.4 Å². The summed E-state index contributed by atoms with van der Waals surface area (Å²) in [7, 11) is 0. The Balaban J connectivity index is 1.30. The molecule has 2 aliphatic rings. The van der Waals surface area contributed by atoms with Gasteiger partial charge in [-0.05, 0) is 49.6 Å². The molecule has 1 aliphatic carbocycles. The maximum Gasteiger partial charge on any atom is 0.236 e. The minimum Gasteiger partial charge on any atom is -0.355 e. The molecule has 1 aromatic carbocycles. The van der Waals surface area contributed by atoms with Gasteiger partial charge in [-0.1, -0.05) is 19.3 Å². The summed E-state index contributed by atoms with van der Waals surface area (Å²) in [5.74, 6) is 1.82. The number of nitrogens with zero attached hydrogens (tertiary/aromatic N) is 5. The number of hydrogen-bond donors (Lipinski definition) is 0. The Kier molecular flexibility index (Phi) is 5.57. The molecule has 162 valence electrons. The number of rotatable bonds is 3. The Morgan fingerprint density at radius 1 is 0.903 bits per heavy atom. The van der Waals surface area contributed by atoms with Crippen molar-refractivity contribution in [3.05, 3.63) is 48.5 Å². The van der Waals surface area contributed by atoms with Crippen LogP contribution in [0.25, 0.3) is 17.0 Å². The van der Waals surface area contributed by atoms with Crippen LogP contribution in [0.5, 0.6) is 0 Å². The summed E-state index contributed by atoms with van der Waals surface area (Å²) in [4.78, 5) is 26.7. The van der Waals surface area contributed by atoms with E-state index >= 15 is 0 Å². The van der Waals surface area contributed by atoms with Crippen molar-refractivity contribution in [3.8, 4) is 11.3 Å². The van der Waals surface area contributed by atoms with Crippen molar-refractivity contribution in [3.63, 3.8) is 0 Å². The van der Waals surface area contributed by atoms with Gasteiger partial charge in [-0.15, -0.1) is 0 Å². The molecule has 31 heavy (non-hydrogen) atoms. The van der Waals surface area contributed by atoms with Crippen molar-refractivity contribution in [2.24, 2.45) is 5.92 Å². The third-order valence-corrected chi connectivity index (χ3v) is 6.54. The van der Waals surface area contributed by atoms with E-state index in [2.05, 4.69) is 14.8 Å². The maximum absolute atomic E-state index is 13.2. The number of carbonyl (C=O) groups is 1. The molecule has 1 amide bonds. The normalized spacial score (nSPS) is 18.4. The zero-order chi connectivity index (χ0) is 21.2. The zero-order valence-corrected chi connectivity index (χ0v) is 17.7. The van der Waals surface area contributed by atoms with Gasteiger partial charge in [0.2, 0.25) is 11.7 Å². The molecule has 0 radical (unpaired) electrons. The maximum atomic E-state index is 13.2. The van der Waals surface area contributed by atoms with Crippen LogP contribution < -0.4 is 4.90 Å². The third kappa shape index (κ3) is 4.27. The van der Waals surface area contributed by atoms with Crippen LogP contribution in [-0.2, 0) is 4.79 Å². The Labute approximate surface area is 181 Å². The topological polar surface area (TPSA) is 53.7 Å². The largest absolute Gasteiger partial charge is 0.355 e. The first kappa shape index (κ1) is 20.0. The van der Waals surface area contributed by atoms with Crippen LogP contribution in [0, 0.1) is 11.7 Å². The van der Waals surface area contributed by atoms with Crippen molar-refractivity contribution in [2.75, 3.05) is 31.1 Å². The number of aromatic nitrogens is 3. The van der Waals surface area contributed by atoms with Gasteiger partial charge in [0.05, 0.1) is 5.69 Å². The molecule has 0 unspecified atom stereocenters. The summed E-state index contributed by atoms with van der Waals surface area (Å²) in [6, 6.07) is 8.34. The molecule has 2 aromatic heterocycles. The summed E-state index contributed by atoms with van der Waals surface area (Å²) < 4.78 is 15.1. The lowest BCUT2D eigenvalue weighted by Gasteiger charge is -2.28. The van der Waals surface area contributed by atoms with Crippen molar-refractivity contribution in [1.29, 1.82) is 0 Å². The Morgan fingerprint density at radius 3 is 2.52 bits per heavy atom. The fourth-order valence-electron chi connectivity index (χ4n) is 4.77. The highest BCUT2D eigenvalue weighted by molar-refractivity contribution is 5.79. The second-order valence-corrected chi connectivity index (χ2v) is 8.63. The summed E-state index contributed by atoms with van der Waals surface area (Å²) >= 11 is 0. The quantitative estimate of drug-likeness (QED) is 0.637. The first-order valence-electron chi connectivity index (χ1n) is 11.3. The molecular formula is C24H28FN5O. The van der Waals surface area contributed by atoms with Crippen LogP contribution >= 0.6 is 0 Å². The van der Waals surface area contributed by atoms with Crippen molar-refractivity contribution in [2.45, 2.75) is 38.5 Å². The van der Waals surface area contributed by atoms with E-state index in [1.165, 1.54) is 31.4 Å². The first-order valence-corrected chi connectivity index (χ1v) is 11.3. The summed E-state index contributed by atoms with van der Waals surface area (Å²) in [5, 5.41) is 0. The van der Waals surface area contributed by atoms with E-state index < -0.39 is 0 Å². The number of imidazole rings is 1. The summed E-state index contributed by atoms with van der Waals surface area (Å²) in [5.41, 5.74) is 1.63. The molecule has 3 aromatic rings. The molecule has 1 aliphatic heterocycles. The fourth-order valence-corrected chi connectivity index (χ4v) is 4.77. The van der Waals surface area contributed by atoms with Gasteiger partial charge in [-0.25, -0.2) is 9.37 Å². The Bertz CT molecular complexity index is 1060. The highest BCUT2D eigenvalue weighted by Gasteiger charge is 2.27. The zero-order valence-electron chi connectivity index (χ0n) is 17.7. The SMILES string of the molecule is O=C(C1CCCCC1)N1CCCN(c2ccn3cc(-c4ccc(F)cc4)nc3n2)CC1. The van der Waals surface area contributed by atoms with E-state index in [0.29, 0.717) is 11.7 Å². The Hall–Kier alpha value is -2.96. The van der Waals surface area contributed by atoms with Gasteiger partial charge in [0.25, 0.3) is 0 Å². The minimum atomic E-state index is -0.259. The second-order valence-electron chi connectivity index (χ2n) is 8.63. The molecule has 1 saturated heterocycles. The predicted octanol–water partition coefficient (Wildman–Crippen LogP) is 4.15. The van der Waals surface area contributed by atoms with E-state index in [4.69, 9.17) is 4.98 Å². The lowest BCUT2D eigenvalue weighted by atomic mass is 9.88. The van der Waals surface area contributed by atoms with Crippen LogP contribution in [0.1, 0.15) is 38.5 Å². The molecule has 0 atom stereocenters. The van der Waals surface area contributed by atoms with E-state index in [-0.39, 0.29) is 11.7 Å². The molecule has 1 saturated carbocycles. The van der Waals surface area contributed by atoms with Crippen molar-refractivity contribution >= 4 is 17.5 Å². The summed E-state index contributed by atoms with van der Waals surface area (Å²) in [6.45, 7) is 3.24. The third-order valence-electron chi connectivity index (χ3n) is 6.54. The van der Waals surface area contributed by atoms with Crippen molar-refractivity contribution < 1.29 is 9.18 Å². The molecular weight excluding hydrogens is 393 g/mol. The van der Waals surface area contributed by atoms with E-state index in [1.54, 1.807) is 12.1 Å². The fraction of sp³-hybridized carbons (Fsp3) is 0.458. The van der Waals surface area contributed by atoms with Crippen LogP contribution in [0.2, 0.25) is 0 Å². The van der Waals surface area contributed by atoms with Gasteiger partial charge < -0.3 is 9.80 Å². The molecule has 3 heterocycles. The highest BCUT2D eigenvalue weighted by atomic mass is 19.1. The number of fused-ring (bicyclic) bond motifs is 1. The number of halogens is 1. The van der Waals surface area contributed by atoms with Gasteiger partial charge in [-0.3, -0.25) is 9.20 Å². The predicted molar refractivity (Wildman–Crippen MR) is 118 cm³/mol. The van der Waals surface area contributed by atoms with Gasteiger partial charge in [-0.2, -0.15) is 4.98 Å². The smallest absolute Gasteiger partial charge is 0.236 e. The molecule has 5 rings (SSSR count). The average Bonchev–Trinajstić information content (AvgIpc) is 3.08. The molecule has 6 nitrogen and oxygen atoms in total. The number of carbonyl (C=O) groups excluding carboxylic acids is 1. The molecule has 7 heteroatoms. The van der Waals surface area contributed by atoms with Gasteiger partial charge >= 0.3 is 0 Å². The van der Waals surface area contributed by atoms with Gasteiger partial charge in [0.15, 0.2) is 0 Å². The molecule has 2 fully saturated rings. The van der Waals surface area contributed by atoms with Gasteiger partial charge in [0, 0.05) is 50.1 Å². The standard InChI is InChI=1S/C24H28FN5O/c25-20-9-7-18(8-10-20)21-17-30-14-11-22(27-24(30)26-21)28-12-4-13-29(16-15-28)23(31)19-5-2-1-3-6-19/h7-11,14,17,19H,1-6,12-13,15-16H2. The number of anilines is 1. The lowest BCUT2D eigenvalue weighted by molar-refractivity contribution is -0.136. The van der Waals surface area contributed by atoms with Crippen LogP contribution in [0.3, 0.4) is 0 Å². The summed E-state index contributed by atoms with van der Waals surface area (Å²) in [6.07, 6.45) is 10.6. The van der Waals surface area contributed by atoms with Crippen LogP contribution in [0.15, 0.2) is 42.7 Å². The van der Waals surface area contributed by atoms with E-state index in [9.17, 15) is 9.18 Å². The second kappa shape index (κ2) is 8.65. The number of benzene rings is 1.